The first-order valence-corrected chi connectivity index (χ1v) is 7.61. The van der Waals surface area contributed by atoms with Crippen molar-refractivity contribution in [2.75, 3.05) is 18.4 Å². The maximum atomic E-state index is 11.9. The van der Waals surface area contributed by atoms with Gasteiger partial charge in [-0.2, -0.15) is 0 Å². The zero-order valence-electron chi connectivity index (χ0n) is 12.8. The summed E-state index contributed by atoms with van der Waals surface area (Å²) in [6, 6.07) is 7.58. The van der Waals surface area contributed by atoms with Gasteiger partial charge in [-0.25, -0.2) is 4.98 Å². The van der Waals surface area contributed by atoms with E-state index in [2.05, 4.69) is 15.6 Å². The Labute approximate surface area is 143 Å². The highest BCUT2D eigenvalue weighted by Crippen LogP contribution is 2.19. The van der Waals surface area contributed by atoms with Crippen LogP contribution in [0.1, 0.15) is 27.1 Å². The largest absolute Gasteiger partial charge is 0.508 e. The van der Waals surface area contributed by atoms with Crippen LogP contribution in [0.5, 0.6) is 5.75 Å². The van der Waals surface area contributed by atoms with E-state index in [9.17, 15) is 14.7 Å². The molecule has 0 spiro atoms. The number of carbonyl (C=O) groups is 2. The van der Waals surface area contributed by atoms with Gasteiger partial charge in [-0.3, -0.25) is 9.59 Å². The van der Waals surface area contributed by atoms with Crippen LogP contribution in [-0.4, -0.2) is 35.0 Å². The van der Waals surface area contributed by atoms with Crippen molar-refractivity contribution in [3.05, 3.63) is 52.7 Å². The van der Waals surface area contributed by atoms with Crippen molar-refractivity contribution in [1.29, 1.82) is 0 Å². The molecule has 0 saturated heterocycles. The second-order valence-corrected chi connectivity index (χ2v) is 5.41. The van der Waals surface area contributed by atoms with Crippen molar-refractivity contribution in [3.8, 4) is 5.75 Å². The predicted octanol–water partition coefficient (Wildman–Crippen LogP) is 1.77. The molecule has 0 unspecified atom stereocenters. The van der Waals surface area contributed by atoms with E-state index in [0.717, 1.165) is 0 Å². The van der Waals surface area contributed by atoms with Crippen molar-refractivity contribution in [2.45, 2.75) is 6.42 Å². The number of hydrogen-bond acceptors (Lipinski definition) is 5. The maximum absolute atomic E-state index is 11.9. The predicted molar refractivity (Wildman–Crippen MR) is 91.3 cm³/mol. The number of aromatic nitrogens is 1. The molecule has 0 fully saturated rings. The molecule has 2 amide bonds. The highest BCUT2D eigenvalue weighted by atomic mass is 35.5. The Balaban J connectivity index is 1.75. The molecule has 1 heterocycles. The van der Waals surface area contributed by atoms with E-state index in [4.69, 9.17) is 17.3 Å². The van der Waals surface area contributed by atoms with Gasteiger partial charge >= 0.3 is 0 Å². The number of rotatable bonds is 7. The van der Waals surface area contributed by atoms with Crippen LogP contribution in [-0.2, 0) is 0 Å². The number of benzene rings is 1. The number of phenols is 1. The summed E-state index contributed by atoms with van der Waals surface area (Å²) in [6.07, 6.45) is 1.99. The standard InChI is InChI=1S/C16H17ClN4O3/c17-13-8-11(14(18)23)9-21-15(13)19-5-2-6-20-16(24)10-3-1-4-12(22)7-10/h1,3-4,7-9,22H,2,5-6H2,(H2,18,23)(H,19,21)(H,20,24). The highest BCUT2D eigenvalue weighted by Gasteiger charge is 2.07. The third-order valence-corrected chi connectivity index (χ3v) is 3.45. The summed E-state index contributed by atoms with van der Waals surface area (Å²) >= 11 is 6.01. The number of halogens is 1. The molecular formula is C16H17ClN4O3. The molecule has 5 N–H and O–H groups in total. The van der Waals surface area contributed by atoms with E-state index >= 15 is 0 Å². The molecule has 126 valence electrons. The molecule has 2 aromatic rings. The first-order valence-electron chi connectivity index (χ1n) is 7.24. The summed E-state index contributed by atoms with van der Waals surface area (Å²) in [7, 11) is 0. The molecule has 24 heavy (non-hydrogen) atoms. The normalized spacial score (nSPS) is 10.2. The smallest absolute Gasteiger partial charge is 0.251 e. The minimum atomic E-state index is -0.592. The quantitative estimate of drug-likeness (QED) is 0.569. The Morgan fingerprint density at radius 1 is 1.21 bits per heavy atom. The van der Waals surface area contributed by atoms with E-state index in [1.54, 1.807) is 12.1 Å². The van der Waals surface area contributed by atoms with Crippen LogP contribution in [0.3, 0.4) is 0 Å². The first kappa shape index (κ1) is 17.6. The van der Waals surface area contributed by atoms with Gasteiger partial charge in [0.25, 0.3) is 5.91 Å². The minimum absolute atomic E-state index is 0.0458. The van der Waals surface area contributed by atoms with Gasteiger partial charge in [0.2, 0.25) is 5.91 Å². The molecule has 8 heteroatoms. The van der Waals surface area contributed by atoms with Gasteiger partial charge in [0.1, 0.15) is 11.6 Å². The number of nitrogens with two attached hydrogens (primary N) is 1. The number of amides is 2. The van der Waals surface area contributed by atoms with Crippen molar-refractivity contribution >= 4 is 29.2 Å². The van der Waals surface area contributed by atoms with E-state index < -0.39 is 5.91 Å². The Hall–Kier alpha value is -2.80. The van der Waals surface area contributed by atoms with E-state index in [1.807, 2.05) is 0 Å². The Morgan fingerprint density at radius 2 is 2.00 bits per heavy atom. The lowest BCUT2D eigenvalue weighted by Crippen LogP contribution is -2.25. The lowest BCUT2D eigenvalue weighted by molar-refractivity contribution is 0.0952. The van der Waals surface area contributed by atoms with Crippen molar-refractivity contribution in [2.24, 2.45) is 5.73 Å². The molecule has 0 aliphatic heterocycles. The second kappa shape index (κ2) is 8.16. The molecular weight excluding hydrogens is 332 g/mol. The van der Waals surface area contributed by atoms with E-state index in [-0.39, 0.29) is 17.2 Å². The molecule has 1 aromatic carbocycles. The number of pyridine rings is 1. The Morgan fingerprint density at radius 3 is 2.67 bits per heavy atom. The fourth-order valence-electron chi connectivity index (χ4n) is 1.95. The summed E-state index contributed by atoms with van der Waals surface area (Å²) in [5, 5.41) is 15.4. The van der Waals surface area contributed by atoms with Crippen molar-refractivity contribution in [1.82, 2.24) is 10.3 Å². The van der Waals surface area contributed by atoms with Crippen LogP contribution >= 0.6 is 11.6 Å². The van der Waals surface area contributed by atoms with Gasteiger partial charge in [0.15, 0.2) is 0 Å². The summed E-state index contributed by atoms with van der Waals surface area (Å²) in [4.78, 5) is 26.9. The Kier molecular flexibility index (Phi) is 5.97. The van der Waals surface area contributed by atoms with Crippen LogP contribution in [0, 0.1) is 0 Å². The molecule has 0 saturated carbocycles. The van der Waals surface area contributed by atoms with Gasteiger partial charge in [-0.15, -0.1) is 0 Å². The SMILES string of the molecule is NC(=O)c1cnc(NCCCNC(=O)c2cccc(O)c2)c(Cl)c1. The van der Waals surface area contributed by atoms with Crippen LogP contribution in [0.2, 0.25) is 5.02 Å². The van der Waals surface area contributed by atoms with Gasteiger partial charge in [0.05, 0.1) is 10.6 Å². The van der Waals surface area contributed by atoms with Gasteiger partial charge < -0.3 is 21.5 Å². The zero-order valence-corrected chi connectivity index (χ0v) is 13.5. The number of hydrogen-bond donors (Lipinski definition) is 4. The third kappa shape index (κ3) is 4.85. The summed E-state index contributed by atoms with van der Waals surface area (Å²) in [5.41, 5.74) is 5.78. The van der Waals surface area contributed by atoms with E-state index in [0.29, 0.717) is 35.9 Å². The van der Waals surface area contributed by atoms with Crippen LogP contribution in [0.15, 0.2) is 36.5 Å². The molecule has 0 aliphatic rings. The zero-order chi connectivity index (χ0) is 17.5. The number of aromatic hydroxyl groups is 1. The Bertz CT molecular complexity index is 752. The topological polar surface area (TPSA) is 117 Å². The number of primary amides is 1. The summed E-state index contributed by atoms with van der Waals surface area (Å²) in [6.45, 7) is 0.974. The minimum Gasteiger partial charge on any atom is -0.508 e. The fraction of sp³-hybridized carbons (Fsp3) is 0.188. The summed E-state index contributed by atoms with van der Waals surface area (Å²) < 4.78 is 0. The number of carbonyl (C=O) groups excluding carboxylic acids is 2. The van der Waals surface area contributed by atoms with Gasteiger partial charge in [0, 0.05) is 24.8 Å². The van der Waals surface area contributed by atoms with Crippen LogP contribution < -0.4 is 16.4 Å². The lowest BCUT2D eigenvalue weighted by Gasteiger charge is -2.09. The lowest BCUT2D eigenvalue weighted by atomic mass is 10.2. The number of nitrogens with zero attached hydrogens (tertiary/aromatic N) is 1. The van der Waals surface area contributed by atoms with Crippen LogP contribution in [0.4, 0.5) is 5.82 Å². The molecule has 0 aliphatic carbocycles. The molecule has 7 nitrogen and oxygen atoms in total. The van der Waals surface area contributed by atoms with Crippen molar-refractivity contribution < 1.29 is 14.7 Å². The average molecular weight is 349 g/mol. The van der Waals surface area contributed by atoms with Gasteiger partial charge in [-0.05, 0) is 30.7 Å². The maximum Gasteiger partial charge on any atom is 0.251 e. The first-order chi connectivity index (χ1) is 11.5. The molecule has 0 bridgehead atoms. The van der Waals surface area contributed by atoms with Gasteiger partial charge in [-0.1, -0.05) is 17.7 Å². The fourth-order valence-corrected chi connectivity index (χ4v) is 2.18. The number of nitrogens with one attached hydrogen (secondary N) is 2. The molecule has 0 atom stereocenters. The summed E-state index contributed by atoms with van der Waals surface area (Å²) in [5.74, 6) is -0.358. The molecule has 0 radical (unpaired) electrons. The number of anilines is 1. The third-order valence-electron chi connectivity index (χ3n) is 3.17. The average Bonchev–Trinajstić information content (AvgIpc) is 2.55. The van der Waals surface area contributed by atoms with E-state index in [1.165, 1.54) is 24.4 Å². The van der Waals surface area contributed by atoms with Crippen molar-refractivity contribution in [3.63, 3.8) is 0 Å². The second-order valence-electron chi connectivity index (χ2n) is 5.01. The molecule has 1 aromatic heterocycles. The monoisotopic (exact) mass is 348 g/mol. The van der Waals surface area contributed by atoms with Crippen LogP contribution in [0.25, 0.3) is 0 Å². The molecule has 2 rings (SSSR count). The highest BCUT2D eigenvalue weighted by molar-refractivity contribution is 6.33. The number of phenolic OH excluding ortho intramolecular Hbond substituents is 1.